The van der Waals surface area contributed by atoms with Crippen LogP contribution in [0.1, 0.15) is 17.5 Å². The Morgan fingerprint density at radius 3 is 2.61 bits per heavy atom. The average Bonchev–Trinajstić information content (AvgIpc) is 2.78. The summed E-state index contributed by atoms with van der Waals surface area (Å²) in [5, 5.41) is 2.80. The standard InChI is InChI=1S/C24H24N2O4S/c1-18-7-5-9-21(15-18)30-17-24(27)25-20-13-12-19-8-6-14-26(23(19)16-20)31(28,29)22-10-3-2-4-11-22/h2-5,7,9-13,15-16H,6,8,14,17H2,1H3,(H,25,27). The van der Waals surface area contributed by atoms with Crippen molar-refractivity contribution in [2.45, 2.75) is 24.7 Å². The monoisotopic (exact) mass is 436 g/mol. The van der Waals surface area contributed by atoms with Crippen LogP contribution in [0.2, 0.25) is 0 Å². The summed E-state index contributed by atoms with van der Waals surface area (Å²) in [6.45, 7) is 2.22. The summed E-state index contributed by atoms with van der Waals surface area (Å²) in [6, 6.07) is 21.3. The van der Waals surface area contributed by atoms with E-state index in [1.165, 1.54) is 4.31 Å². The molecule has 0 fully saturated rings. The summed E-state index contributed by atoms with van der Waals surface area (Å²) in [5.74, 6) is 0.315. The number of benzene rings is 3. The van der Waals surface area contributed by atoms with Crippen LogP contribution in [0.4, 0.5) is 11.4 Å². The van der Waals surface area contributed by atoms with Gasteiger partial charge >= 0.3 is 0 Å². The van der Waals surface area contributed by atoms with Crippen molar-refractivity contribution >= 4 is 27.3 Å². The third-order valence-corrected chi connectivity index (χ3v) is 6.96. The molecule has 1 aliphatic heterocycles. The van der Waals surface area contributed by atoms with Gasteiger partial charge in [-0.2, -0.15) is 0 Å². The summed E-state index contributed by atoms with van der Waals surface area (Å²) in [4.78, 5) is 12.6. The molecule has 0 aromatic heterocycles. The van der Waals surface area contributed by atoms with Crippen LogP contribution in [0.3, 0.4) is 0 Å². The Morgan fingerprint density at radius 1 is 1.03 bits per heavy atom. The van der Waals surface area contributed by atoms with E-state index in [1.54, 1.807) is 48.5 Å². The van der Waals surface area contributed by atoms with Crippen LogP contribution in [0.15, 0.2) is 77.7 Å². The molecule has 0 saturated heterocycles. The van der Waals surface area contributed by atoms with Crippen LogP contribution in [0.5, 0.6) is 5.75 Å². The van der Waals surface area contributed by atoms with Crippen LogP contribution < -0.4 is 14.4 Å². The Hall–Kier alpha value is -3.32. The quantitative estimate of drug-likeness (QED) is 0.630. The molecule has 1 N–H and O–H groups in total. The molecule has 0 spiro atoms. The summed E-state index contributed by atoms with van der Waals surface area (Å²) < 4.78 is 33.4. The van der Waals surface area contributed by atoms with Gasteiger partial charge in [0.05, 0.1) is 10.6 Å². The first kappa shape index (κ1) is 20.9. The van der Waals surface area contributed by atoms with Gasteiger partial charge in [0.2, 0.25) is 0 Å². The van der Waals surface area contributed by atoms with Gasteiger partial charge in [-0.15, -0.1) is 0 Å². The molecule has 3 aromatic carbocycles. The first-order chi connectivity index (χ1) is 14.9. The minimum absolute atomic E-state index is 0.132. The number of sulfonamides is 1. The Balaban J connectivity index is 1.52. The number of carbonyl (C=O) groups excluding carboxylic acids is 1. The second-order valence-electron chi connectivity index (χ2n) is 7.49. The zero-order valence-electron chi connectivity index (χ0n) is 17.2. The van der Waals surface area contributed by atoms with Crippen molar-refractivity contribution in [1.29, 1.82) is 0 Å². The molecule has 3 aromatic rings. The van der Waals surface area contributed by atoms with E-state index in [9.17, 15) is 13.2 Å². The average molecular weight is 437 g/mol. The van der Waals surface area contributed by atoms with Crippen molar-refractivity contribution in [1.82, 2.24) is 0 Å². The molecule has 0 atom stereocenters. The van der Waals surface area contributed by atoms with Crippen LogP contribution >= 0.6 is 0 Å². The van der Waals surface area contributed by atoms with Crippen molar-refractivity contribution in [2.75, 3.05) is 22.8 Å². The lowest BCUT2D eigenvalue weighted by atomic mass is 10.0. The number of anilines is 2. The fraction of sp³-hybridized carbons (Fsp3) is 0.208. The maximum atomic E-state index is 13.2. The predicted octanol–water partition coefficient (Wildman–Crippen LogP) is 4.15. The molecule has 31 heavy (non-hydrogen) atoms. The van der Waals surface area contributed by atoms with Gasteiger partial charge in [-0.1, -0.05) is 36.4 Å². The Labute approximate surface area is 182 Å². The van der Waals surface area contributed by atoms with Crippen LogP contribution in [-0.2, 0) is 21.2 Å². The molecule has 0 bridgehead atoms. The number of nitrogens with zero attached hydrogens (tertiary/aromatic N) is 1. The number of amides is 1. The number of carbonyl (C=O) groups is 1. The maximum absolute atomic E-state index is 13.2. The van der Waals surface area contributed by atoms with E-state index in [4.69, 9.17) is 4.74 Å². The number of nitrogens with one attached hydrogen (secondary N) is 1. The van der Waals surface area contributed by atoms with Crippen molar-refractivity contribution < 1.29 is 17.9 Å². The van der Waals surface area contributed by atoms with Crippen molar-refractivity contribution in [2.24, 2.45) is 0 Å². The molecule has 1 heterocycles. The van der Waals surface area contributed by atoms with Crippen LogP contribution in [0, 0.1) is 6.92 Å². The third kappa shape index (κ3) is 4.72. The third-order valence-electron chi connectivity index (χ3n) is 5.14. The molecular weight excluding hydrogens is 412 g/mol. The van der Waals surface area contributed by atoms with E-state index in [-0.39, 0.29) is 17.4 Å². The summed E-state index contributed by atoms with van der Waals surface area (Å²) in [7, 11) is -3.68. The zero-order chi connectivity index (χ0) is 21.8. The molecule has 0 saturated carbocycles. The molecule has 0 aliphatic carbocycles. The zero-order valence-corrected chi connectivity index (χ0v) is 18.1. The molecule has 1 aliphatic rings. The lowest BCUT2D eigenvalue weighted by Crippen LogP contribution is -2.35. The smallest absolute Gasteiger partial charge is 0.264 e. The lowest BCUT2D eigenvalue weighted by molar-refractivity contribution is -0.118. The topological polar surface area (TPSA) is 75.7 Å². The minimum atomic E-state index is -3.68. The molecule has 0 unspecified atom stereocenters. The molecule has 0 radical (unpaired) electrons. The highest BCUT2D eigenvalue weighted by molar-refractivity contribution is 7.92. The molecular formula is C24H24N2O4S. The van der Waals surface area contributed by atoms with Gasteiger partial charge < -0.3 is 10.1 Å². The Bertz CT molecular complexity index is 1190. The van der Waals surface area contributed by atoms with E-state index in [2.05, 4.69) is 5.32 Å². The van der Waals surface area contributed by atoms with Crippen molar-refractivity contribution in [3.63, 3.8) is 0 Å². The maximum Gasteiger partial charge on any atom is 0.264 e. The molecule has 4 rings (SSSR count). The van der Waals surface area contributed by atoms with Gasteiger partial charge in [0.15, 0.2) is 6.61 Å². The minimum Gasteiger partial charge on any atom is -0.484 e. The second-order valence-corrected chi connectivity index (χ2v) is 9.35. The molecule has 6 nitrogen and oxygen atoms in total. The van der Waals surface area contributed by atoms with Gasteiger partial charge in [-0.3, -0.25) is 9.10 Å². The van der Waals surface area contributed by atoms with E-state index in [1.807, 2.05) is 31.2 Å². The van der Waals surface area contributed by atoms with Crippen molar-refractivity contribution in [3.8, 4) is 5.75 Å². The predicted molar refractivity (Wildman–Crippen MR) is 121 cm³/mol. The highest BCUT2D eigenvalue weighted by atomic mass is 32.2. The van der Waals surface area contributed by atoms with Gasteiger partial charge in [0.25, 0.3) is 15.9 Å². The second kappa shape index (κ2) is 8.81. The Kier molecular flexibility index (Phi) is 5.95. The van der Waals surface area contributed by atoms with E-state index < -0.39 is 10.0 Å². The SMILES string of the molecule is Cc1cccc(OCC(=O)Nc2ccc3c(c2)N(S(=O)(=O)c2ccccc2)CCC3)c1. The summed E-state index contributed by atoms with van der Waals surface area (Å²) in [5.41, 5.74) is 3.13. The number of hydrogen-bond donors (Lipinski definition) is 1. The van der Waals surface area contributed by atoms with E-state index in [0.717, 1.165) is 24.0 Å². The van der Waals surface area contributed by atoms with Gasteiger partial charge in [0, 0.05) is 12.2 Å². The number of ether oxygens (including phenoxy) is 1. The fourth-order valence-electron chi connectivity index (χ4n) is 3.64. The number of hydrogen-bond acceptors (Lipinski definition) is 4. The highest BCUT2D eigenvalue weighted by Crippen LogP contribution is 2.34. The number of rotatable bonds is 6. The normalized spacial score (nSPS) is 13.4. The van der Waals surface area contributed by atoms with E-state index in [0.29, 0.717) is 23.7 Å². The summed E-state index contributed by atoms with van der Waals surface area (Å²) >= 11 is 0. The molecule has 1 amide bonds. The number of aryl methyl sites for hydroxylation is 2. The van der Waals surface area contributed by atoms with Crippen LogP contribution in [0.25, 0.3) is 0 Å². The Morgan fingerprint density at radius 2 is 1.84 bits per heavy atom. The van der Waals surface area contributed by atoms with Crippen molar-refractivity contribution in [3.05, 3.63) is 83.9 Å². The summed E-state index contributed by atoms with van der Waals surface area (Å²) in [6.07, 6.45) is 1.54. The van der Waals surface area contributed by atoms with Gasteiger partial charge in [-0.05, 0) is 67.3 Å². The number of fused-ring (bicyclic) bond motifs is 1. The molecule has 7 heteroatoms. The lowest BCUT2D eigenvalue weighted by Gasteiger charge is -2.31. The van der Waals surface area contributed by atoms with E-state index >= 15 is 0 Å². The fourth-order valence-corrected chi connectivity index (χ4v) is 5.19. The first-order valence-electron chi connectivity index (χ1n) is 10.1. The largest absolute Gasteiger partial charge is 0.484 e. The highest BCUT2D eigenvalue weighted by Gasteiger charge is 2.29. The molecule has 160 valence electrons. The first-order valence-corrected chi connectivity index (χ1v) is 11.6. The van der Waals surface area contributed by atoms with Crippen LogP contribution in [-0.4, -0.2) is 27.5 Å². The van der Waals surface area contributed by atoms with Gasteiger partial charge in [0.1, 0.15) is 5.75 Å². The van der Waals surface area contributed by atoms with Gasteiger partial charge in [-0.25, -0.2) is 8.42 Å².